The van der Waals surface area contributed by atoms with Gasteiger partial charge in [0, 0.05) is 38.4 Å². The molecule has 1 aliphatic heterocycles. The largest absolute Gasteiger partial charge is 0.374 e. The highest BCUT2D eigenvalue weighted by Crippen LogP contribution is 2.27. The van der Waals surface area contributed by atoms with Gasteiger partial charge >= 0.3 is 0 Å². The molecule has 0 saturated carbocycles. The van der Waals surface area contributed by atoms with Gasteiger partial charge in [0.25, 0.3) is 0 Å². The monoisotopic (exact) mass is 299 g/mol. The number of hydrogen-bond donors (Lipinski definition) is 1. The van der Waals surface area contributed by atoms with Crippen molar-refractivity contribution < 1.29 is 0 Å². The zero-order valence-electron chi connectivity index (χ0n) is 13.7. The summed E-state index contributed by atoms with van der Waals surface area (Å²) in [5.74, 6) is 0.639. The van der Waals surface area contributed by atoms with Crippen molar-refractivity contribution in [3.63, 3.8) is 0 Å². The van der Waals surface area contributed by atoms with Crippen LogP contribution in [0.4, 0.5) is 5.69 Å². The minimum atomic E-state index is 0.366. The molecule has 22 heavy (non-hydrogen) atoms. The Morgan fingerprint density at radius 1 is 1.32 bits per heavy atom. The highest BCUT2D eigenvalue weighted by atomic mass is 15.4. The predicted molar refractivity (Wildman–Crippen MR) is 89.0 cm³/mol. The maximum absolute atomic E-state index is 4.21. The van der Waals surface area contributed by atoms with Crippen LogP contribution in [-0.4, -0.2) is 35.1 Å². The van der Waals surface area contributed by atoms with Crippen LogP contribution in [0.5, 0.6) is 0 Å². The van der Waals surface area contributed by atoms with Gasteiger partial charge in [-0.25, -0.2) is 4.68 Å². The van der Waals surface area contributed by atoms with E-state index in [9.17, 15) is 0 Å². The third-order valence-corrected chi connectivity index (χ3v) is 4.27. The number of nitrogens with one attached hydrogen (secondary N) is 1. The fourth-order valence-electron chi connectivity index (χ4n) is 3.10. The van der Waals surface area contributed by atoms with Crippen molar-refractivity contribution in [1.82, 2.24) is 20.3 Å². The van der Waals surface area contributed by atoms with E-state index in [-0.39, 0.29) is 0 Å². The second-order valence-corrected chi connectivity index (χ2v) is 6.49. The summed E-state index contributed by atoms with van der Waals surface area (Å²) in [5, 5.41) is 11.9. The van der Waals surface area contributed by atoms with Crippen LogP contribution in [0.2, 0.25) is 0 Å². The third kappa shape index (κ3) is 3.30. The number of nitrogens with zero attached hydrogens (tertiary/aromatic N) is 4. The fourth-order valence-corrected chi connectivity index (χ4v) is 3.10. The first-order valence-corrected chi connectivity index (χ1v) is 8.04. The van der Waals surface area contributed by atoms with E-state index in [4.69, 9.17) is 0 Å². The molecule has 118 valence electrons. The molecular weight excluding hydrogens is 274 g/mol. The molecule has 0 fully saturated rings. The molecule has 1 unspecified atom stereocenters. The van der Waals surface area contributed by atoms with Gasteiger partial charge in [0.2, 0.25) is 0 Å². The normalized spacial score (nSPS) is 17.8. The Balaban J connectivity index is 1.52. The van der Waals surface area contributed by atoms with E-state index in [0.29, 0.717) is 12.0 Å². The maximum Gasteiger partial charge on any atom is 0.0964 e. The van der Waals surface area contributed by atoms with Gasteiger partial charge in [-0.05, 0) is 37.8 Å². The van der Waals surface area contributed by atoms with E-state index in [1.807, 2.05) is 10.9 Å². The summed E-state index contributed by atoms with van der Waals surface area (Å²) in [6.45, 7) is 7.12. The molecule has 3 rings (SSSR count). The lowest BCUT2D eigenvalue weighted by atomic mass is 9.93. The van der Waals surface area contributed by atoms with E-state index < -0.39 is 0 Å². The molecule has 1 atom stereocenters. The van der Waals surface area contributed by atoms with E-state index in [1.165, 1.54) is 11.3 Å². The van der Waals surface area contributed by atoms with E-state index in [1.54, 1.807) is 0 Å². The summed E-state index contributed by atoms with van der Waals surface area (Å²) >= 11 is 0. The maximum atomic E-state index is 4.21. The number of rotatable bonds is 5. The second-order valence-electron chi connectivity index (χ2n) is 6.49. The average Bonchev–Trinajstić information content (AvgIpc) is 2.96. The Labute approximate surface area is 132 Å². The van der Waals surface area contributed by atoms with E-state index in [2.05, 4.69) is 65.7 Å². The minimum Gasteiger partial charge on any atom is -0.374 e. The van der Waals surface area contributed by atoms with Crippen LogP contribution in [0.25, 0.3) is 0 Å². The van der Waals surface area contributed by atoms with Crippen LogP contribution in [0, 0.1) is 5.92 Å². The Kier molecular flexibility index (Phi) is 4.43. The number of para-hydroxylation sites is 1. The Morgan fingerprint density at radius 2 is 2.14 bits per heavy atom. The van der Waals surface area contributed by atoms with Crippen molar-refractivity contribution in [2.75, 3.05) is 25.0 Å². The summed E-state index contributed by atoms with van der Waals surface area (Å²) in [6, 6.07) is 9.07. The van der Waals surface area contributed by atoms with Crippen molar-refractivity contribution in [2.45, 2.75) is 32.9 Å². The first-order chi connectivity index (χ1) is 10.6. The first-order valence-electron chi connectivity index (χ1n) is 8.04. The first kappa shape index (κ1) is 15.0. The van der Waals surface area contributed by atoms with E-state index >= 15 is 0 Å². The molecule has 0 amide bonds. The standard InChI is InChI=1S/C17H25N5/c1-13(2)22-12-16(19-20-22)10-18-9-14-8-15-6-4-5-7-17(15)21(3)11-14/h4-7,12-14,18H,8-11H2,1-3H3. The third-order valence-electron chi connectivity index (χ3n) is 4.27. The molecule has 1 aromatic carbocycles. The highest BCUT2D eigenvalue weighted by molar-refractivity contribution is 5.55. The molecule has 0 aliphatic carbocycles. The predicted octanol–water partition coefficient (Wildman–Crippen LogP) is 2.26. The molecule has 5 nitrogen and oxygen atoms in total. The van der Waals surface area contributed by atoms with Gasteiger partial charge < -0.3 is 10.2 Å². The van der Waals surface area contributed by atoms with Crippen LogP contribution in [0.3, 0.4) is 0 Å². The molecule has 0 spiro atoms. The lowest BCUT2D eigenvalue weighted by Crippen LogP contribution is -2.37. The van der Waals surface area contributed by atoms with Gasteiger partial charge in [0.15, 0.2) is 0 Å². The van der Waals surface area contributed by atoms with Crippen LogP contribution in [-0.2, 0) is 13.0 Å². The zero-order chi connectivity index (χ0) is 15.5. The molecule has 5 heteroatoms. The van der Waals surface area contributed by atoms with Gasteiger partial charge in [0.05, 0.1) is 11.9 Å². The van der Waals surface area contributed by atoms with Gasteiger partial charge in [0.1, 0.15) is 0 Å². The Bertz CT molecular complexity index is 619. The topological polar surface area (TPSA) is 46.0 Å². The molecule has 1 aliphatic rings. The summed E-state index contributed by atoms with van der Waals surface area (Å²) in [4.78, 5) is 2.36. The lowest BCUT2D eigenvalue weighted by molar-refractivity contribution is 0.458. The van der Waals surface area contributed by atoms with Crippen molar-refractivity contribution in [3.8, 4) is 0 Å². The highest BCUT2D eigenvalue weighted by Gasteiger charge is 2.21. The average molecular weight is 299 g/mol. The Hall–Kier alpha value is -1.88. The van der Waals surface area contributed by atoms with Gasteiger partial charge in [-0.15, -0.1) is 5.10 Å². The van der Waals surface area contributed by atoms with Gasteiger partial charge in [-0.1, -0.05) is 23.4 Å². The molecule has 0 saturated heterocycles. The quantitative estimate of drug-likeness (QED) is 0.920. The second kappa shape index (κ2) is 6.48. The van der Waals surface area contributed by atoms with Crippen LogP contribution in [0.15, 0.2) is 30.5 Å². The van der Waals surface area contributed by atoms with E-state index in [0.717, 1.165) is 31.7 Å². The molecule has 1 N–H and O–H groups in total. The summed E-state index contributed by atoms with van der Waals surface area (Å²) in [6.07, 6.45) is 3.17. The molecule has 0 bridgehead atoms. The molecule has 2 aromatic rings. The number of benzene rings is 1. The molecule has 0 radical (unpaired) electrons. The summed E-state index contributed by atoms with van der Waals surface area (Å²) < 4.78 is 1.90. The van der Waals surface area contributed by atoms with Gasteiger partial charge in [-0.2, -0.15) is 0 Å². The SMILES string of the molecule is CC(C)n1cc(CNCC2Cc3ccccc3N(C)C2)nn1. The Morgan fingerprint density at radius 3 is 2.91 bits per heavy atom. The van der Waals surface area contributed by atoms with Crippen LogP contribution >= 0.6 is 0 Å². The molecule has 2 heterocycles. The fraction of sp³-hybridized carbons (Fsp3) is 0.529. The van der Waals surface area contributed by atoms with Crippen LogP contribution < -0.4 is 10.2 Å². The van der Waals surface area contributed by atoms with Gasteiger partial charge in [-0.3, -0.25) is 0 Å². The van der Waals surface area contributed by atoms with Crippen molar-refractivity contribution in [2.24, 2.45) is 5.92 Å². The van der Waals surface area contributed by atoms with Crippen molar-refractivity contribution in [3.05, 3.63) is 41.7 Å². The number of anilines is 1. The number of aromatic nitrogens is 3. The molecular formula is C17H25N5. The number of fused-ring (bicyclic) bond motifs is 1. The minimum absolute atomic E-state index is 0.366. The molecule has 1 aromatic heterocycles. The summed E-state index contributed by atoms with van der Waals surface area (Å²) in [7, 11) is 2.18. The van der Waals surface area contributed by atoms with Crippen LogP contribution in [0.1, 0.15) is 31.1 Å². The number of hydrogen-bond acceptors (Lipinski definition) is 4. The summed E-state index contributed by atoms with van der Waals surface area (Å²) in [5.41, 5.74) is 3.84. The zero-order valence-corrected chi connectivity index (χ0v) is 13.7. The van der Waals surface area contributed by atoms with Crippen molar-refractivity contribution >= 4 is 5.69 Å². The van der Waals surface area contributed by atoms with Crippen molar-refractivity contribution in [1.29, 1.82) is 0 Å². The smallest absolute Gasteiger partial charge is 0.0964 e. The lowest BCUT2D eigenvalue weighted by Gasteiger charge is -2.33.